The molecule has 1 aliphatic heterocycles. The lowest BCUT2D eigenvalue weighted by molar-refractivity contribution is -0.115. The zero-order valence-electron chi connectivity index (χ0n) is 11.6. The molecular formula is C13H17BrN2O4S. The maximum Gasteiger partial charge on any atom is 0.244 e. The molecule has 0 unspecified atom stereocenters. The van der Waals surface area contributed by atoms with E-state index < -0.39 is 10.0 Å². The van der Waals surface area contributed by atoms with E-state index >= 15 is 0 Å². The quantitative estimate of drug-likeness (QED) is 0.783. The molecule has 8 heteroatoms. The molecule has 116 valence electrons. The van der Waals surface area contributed by atoms with Gasteiger partial charge in [0.1, 0.15) is 0 Å². The largest absolute Gasteiger partial charge is 0.396 e. The van der Waals surface area contributed by atoms with Crippen molar-refractivity contribution in [1.82, 2.24) is 4.31 Å². The van der Waals surface area contributed by atoms with Gasteiger partial charge in [0.25, 0.3) is 0 Å². The van der Waals surface area contributed by atoms with E-state index in [4.69, 9.17) is 5.11 Å². The highest BCUT2D eigenvalue weighted by molar-refractivity contribution is 9.10. The van der Waals surface area contributed by atoms with E-state index in [-0.39, 0.29) is 30.4 Å². The van der Waals surface area contributed by atoms with Crippen LogP contribution in [0.25, 0.3) is 0 Å². The Balaban J connectivity index is 2.40. The molecule has 6 nitrogen and oxygen atoms in total. The maximum absolute atomic E-state index is 12.7. The van der Waals surface area contributed by atoms with E-state index in [9.17, 15) is 13.2 Å². The number of hydrogen-bond acceptors (Lipinski definition) is 4. The third-order valence-corrected chi connectivity index (χ3v) is 6.25. The van der Waals surface area contributed by atoms with Gasteiger partial charge >= 0.3 is 0 Å². The van der Waals surface area contributed by atoms with Crippen LogP contribution in [0.1, 0.15) is 18.9 Å². The van der Waals surface area contributed by atoms with Crippen molar-refractivity contribution < 1.29 is 18.3 Å². The highest BCUT2D eigenvalue weighted by Crippen LogP contribution is 2.33. The molecule has 0 fully saturated rings. The van der Waals surface area contributed by atoms with Crippen LogP contribution < -0.4 is 5.32 Å². The number of carbonyl (C=O) groups excluding carboxylic acids is 1. The number of benzene rings is 1. The summed E-state index contributed by atoms with van der Waals surface area (Å²) in [4.78, 5) is 11.5. The number of amides is 1. The van der Waals surface area contributed by atoms with E-state index in [2.05, 4.69) is 21.2 Å². The molecule has 2 N–H and O–H groups in total. The van der Waals surface area contributed by atoms with Crippen LogP contribution >= 0.6 is 15.9 Å². The number of aliphatic hydroxyl groups is 1. The van der Waals surface area contributed by atoms with Gasteiger partial charge in [-0.1, -0.05) is 6.92 Å². The summed E-state index contributed by atoms with van der Waals surface area (Å²) in [6, 6.07) is 3.15. The third kappa shape index (κ3) is 3.28. The van der Waals surface area contributed by atoms with Crippen molar-refractivity contribution in [2.45, 2.75) is 24.7 Å². The molecule has 21 heavy (non-hydrogen) atoms. The lowest BCUT2D eigenvalue weighted by atomic mass is 10.2. The van der Waals surface area contributed by atoms with E-state index in [0.29, 0.717) is 28.7 Å². The van der Waals surface area contributed by atoms with Crippen LogP contribution in [-0.2, 0) is 21.2 Å². The first-order chi connectivity index (χ1) is 9.90. The Morgan fingerprint density at radius 1 is 1.43 bits per heavy atom. The van der Waals surface area contributed by atoms with Gasteiger partial charge in [-0.25, -0.2) is 8.42 Å². The Labute approximate surface area is 132 Å². The van der Waals surface area contributed by atoms with Crippen molar-refractivity contribution in [2.75, 3.05) is 25.0 Å². The van der Waals surface area contributed by atoms with E-state index in [0.717, 1.165) is 0 Å². The Morgan fingerprint density at radius 2 is 2.14 bits per heavy atom. The average Bonchev–Trinajstić information content (AvgIpc) is 2.77. The van der Waals surface area contributed by atoms with Gasteiger partial charge in [0.05, 0.1) is 11.3 Å². The molecule has 0 aliphatic carbocycles. The molecule has 0 spiro atoms. The number of anilines is 1. The number of fused-ring (bicyclic) bond motifs is 1. The fraction of sp³-hybridized carbons (Fsp3) is 0.462. The predicted molar refractivity (Wildman–Crippen MR) is 82.6 cm³/mol. The second kappa shape index (κ2) is 6.43. The van der Waals surface area contributed by atoms with Gasteiger partial charge in [0.15, 0.2) is 0 Å². The lowest BCUT2D eigenvalue weighted by Crippen LogP contribution is -2.32. The van der Waals surface area contributed by atoms with Crippen molar-refractivity contribution in [1.29, 1.82) is 0 Å². The molecule has 1 aromatic carbocycles. The molecule has 0 saturated heterocycles. The minimum atomic E-state index is -3.66. The first-order valence-electron chi connectivity index (χ1n) is 6.63. The standard InChI is InChI=1S/C13H17BrN2O4S/c1-2-16(4-3-5-17)21(19,20)12-6-9-7-13(18)15-11(9)8-10(12)14/h6,8,17H,2-5,7H2,1H3,(H,15,18). The zero-order valence-corrected chi connectivity index (χ0v) is 14.0. The number of nitrogens with zero attached hydrogens (tertiary/aromatic N) is 1. The number of carbonyl (C=O) groups is 1. The second-order valence-electron chi connectivity index (χ2n) is 4.74. The van der Waals surface area contributed by atoms with Crippen LogP contribution in [0.4, 0.5) is 5.69 Å². The van der Waals surface area contributed by atoms with Gasteiger partial charge in [-0.15, -0.1) is 0 Å². The normalized spacial score (nSPS) is 14.4. The van der Waals surface area contributed by atoms with Gasteiger partial charge in [-0.2, -0.15) is 4.31 Å². The summed E-state index contributed by atoms with van der Waals surface area (Å²) in [6.45, 7) is 2.27. The smallest absolute Gasteiger partial charge is 0.244 e. The minimum Gasteiger partial charge on any atom is -0.396 e. The summed E-state index contributed by atoms with van der Waals surface area (Å²) in [5, 5.41) is 11.6. The fourth-order valence-corrected chi connectivity index (χ4v) is 4.80. The summed E-state index contributed by atoms with van der Waals surface area (Å²) in [6.07, 6.45) is 0.573. The Hall–Kier alpha value is -0.960. The molecule has 2 rings (SSSR count). The molecular weight excluding hydrogens is 360 g/mol. The molecule has 1 amide bonds. The summed E-state index contributed by atoms with van der Waals surface area (Å²) in [7, 11) is -3.66. The summed E-state index contributed by atoms with van der Waals surface area (Å²) < 4.78 is 27.1. The monoisotopic (exact) mass is 376 g/mol. The van der Waals surface area contributed by atoms with E-state index in [1.165, 1.54) is 10.4 Å². The van der Waals surface area contributed by atoms with Gasteiger partial charge in [0, 0.05) is 29.9 Å². The van der Waals surface area contributed by atoms with E-state index in [1.54, 1.807) is 13.0 Å². The van der Waals surface area contributed by atoms with Crippen LogP contribution in [0.3, 0.4) is 0 Å². The zero-order chi connectivity index (χ0) is 15.6. The van der Waals surface area contributed by atoms with Crippen LogP contribution in [0.2, 0.25) is 0 Å². The summed E-state index contributed by atoms with van der Waals surface area (Å²) in [5.74, 6) is -0.140. The lowest BCUT2D eigenvalue weighted by Gasteiger charge is -2.21. The Bertz CT molecular complexity index is 660. The summed E-state index contributed by atoms with van der Waals surface area (Å²) >= 11 is 3.26. The summed E-state index contributed by atoms with van der Waals surface area (Å²) in [5.41, 5.74) is 1.32. The Morgan fingerprint density at radius 3 is 2.76 bits per heavy atom. The molecule has 0 radical (unpaired) electrons. The van der Waals surface area contributed by atoms with Gasteiger partial charge in [0.2, 0.25) is 15.9 Å². The fourth-order valence-electron chi connectivity index (χ4n) is 2.26. The highest BCUT2D eigenvalue weighted by Gasteiger charge is 2.28. The minimum absolute atomic E-state index is 0.0597. The van der Waals surface area contributed by atoms with Gasteiger partial charge < -0.3 is 10.4 Å². The van der Waals surface area contributed by atoms with Crippen molar-refractivity contribution in [3.8, 4) is 0 Å². The van der Waals surface area contributed by atoms with E-state index in [1.807, 2.05) is 0 Å². The topological polar surface area (TPSA) is 86.7 Å². The molecule has 1 aliphatic rings. The molecule has 0 atom stereocenters. The van der Waals surface area contributed by atoms with Crippen molar-refractivity contribution in [3.63, 3.8) is 0 Å². The van der Waals surface area contributed by atoms with Crippen molar-refractivity contribution >= 4 is 37.5 Å². The van der Waals surface area contributed by atoms with Gasteiger partial charge in [-0.05, 0) is 40.0 Å². The average molecular weight is 377 g/mol. The number of halogens is 1. The number of sulfonamides is 1. The number of nitrogens with one attached hydrogen (secondary N) is 1. The van der Waals surface area contributed by atoms with Crippen LogP contribution in [0, 0.1) is 0 Å². The molecule has 1 heterocycles. The van der Waals surface area contributed by atoms with Crippen LogP contribution in [0.5, 0.6) is 0 Å². The third-order valence-electron chi connectivity index (χ3n) is 3.32. The molecule has 0 bridgehead atoms. The maximum atomic E-state index is 12.7. The first kappa shape index (κ1) is 16.4. The SMILES string of the molecule is CCN(CCCO)S(=O)(=O)c1cc2c(cc1Br)NC(=O)C2. The molecule has 0 saturated carbocycles. The Kier molecular flexibility index (Phi) is 5.03. The predicted octanol–water partition coefficient (Wildman–Crippen LogP) is 1.34. The molecule has 1 aromatic rings. The first-order valence-corrected chi connectivity index (χ1v) is 8.86. The van der Waals surface area contributed by atoms with Crippen LogP contribution in [0.15, 0.2) is 21.5 Å². The number of aliphatic hydroxyl groups excluding tert-OH is 1. The highest BCUT2D eigenvalue weighted by atomic mass is 79.9. The van der Waals surface area contributed by atoms with Crippen LogP contribution in [-0.4, -0.2) is 43.4 Å². The number of rotatable bonds is 6. The van der Waals surface area contributed by atoms with Crippen molar-refractivity contribution in [3.05, 3.63) is 22.2 Å². The second-order valence-corrected chi connectivity index (χ2v) is 7.50. The number of hydrogen-bond donors (Lipinski definition) is 2. The van der Waals surface area contributed by atoms with Gasteiger partial charge in [-0.3, -0.25) is 4.79 Å². The molecule has 0 aromatic heterocycles. The van der Waals surface area contributed by atoms with Crippen molar-refractivity contribution in [2.24, 2.45) is 0 Å².